The number of aromatic nitrogens is 2. The quantitative estimate of drug-likeness (QED) is 0.168. The van der Waals surface area contributed by atoms with Crippen molar-refractivity contribution in [3.63, 3.8) is 0 Å². The molecule has 0 radical (unpaired) electrons. The summed E-state index contributed by atoms with van der Waals surface area (Å²) >= 11 is 3.54. The van der Waals surface area contributed by atoms with Crippen molar-refractivity contribution in [3.8, 4) is 11.1 Å². The Morgan fingerprint density at radius 3 is 2.16 bits per heavy atom. The number of imidazole rings is 1. The second kappa shape index (κ2) is 15.7. The van der Waals surface area contributed by atoms with Gasteiger partial charge in [0.1, 0.15) is 5.82 Å². The molecule has 7 nitrogen and oxygen atoms in total. The fraction of sp³-hybridized carbons (Fsp3) is 0.400. The molecule has 1 aromatic heterocycles. The van der Waals surface area contributed by atoms with Crippen LogP contribution < -0.4 is 10.0 Å². The lowest BCUT2D eigenvalue weighted by atomic mass is 9.69. The van der Waals surface area contributed by atoms with E-state index in [1.165, 1.54) is 5.56 Å². The van der Waals surface area contributed by atoms with Crippen molar-refractivity contribution < 1.29 is 14.7 Å². The summed E-state index contributed by atoms with van der Waals surface area (Å²) in [6, 6.07) is 22.2. The van der Waals surface area contributed by atoms with Gasteiger partial charge in [-0.15, -0.1) is 0 Å². The van der Waals surface area contributed by atoms with E-state index >= 15 is 0 Å². The van der Waals surface area contributed by atoms with Crippen LogP contribution in [-0.4, -0.2) is 33.6 Å². The van der Waals surface area contributed by atoms with E-state index in [2.05, 4.69) is 64.5 Å². The van der Waals surface area contributed by atoms with Gasteiger partial charge in [-0.25, -0.2) is 4.98 Å². The van der Waals surface area contributed by atoms with Gasteiger partial charge in [-0.3, -0.25) is 14.3 Å². The third kappa shape index (κ3) is 8.06. The number of nitrogens with zero attached hydrogens (tertiary/aromatic N) is 2. The molecule has 0 spiro atoms. The molecule has 1 saturated carbocycles. The van der Waals surface area contributed by atoms with Crippen LogP contribution in [0, 0.1) is 18.8 Å². The fourth-order valence-corrected chi connectivity index (χ4v) is 5.82. The average Bonchev–Trinajstić information content (AvgIpc) is 3.30. The van der Waals surface area contributed by atoms with Crippen molar-refractivity contribution in [2.45, 2.75) is 65.7 Å². The van der Waals surface area contributed by atoms with E-state index in [0.29, 0.717) is 18.0 Å². The molecule has 5 rings (SSSR count). The number of thiol groups is 1. The van der Waals surface area contributed by atoms with E-state index in [0.717, 1.165) is 46.4 Å². The van der Waals surface area contributed by atoms with Crippen LogP contribution in [0.15, 0.2) is 66.7 Å². The number of carboxylic acids is 1. The topological polar surface area (TPSA) is 96.2 Å². The summed E-state index contributed by atoms with van der Waals surface area (Å²) in [6.45, 7) is 10.2. The van der Waals surface area contributed by atoms with Crippen molar-refractivity contribution in [2.75, 3.05) is 12.4 Å². The summed E-state index contributed by atoms with van der Waals surface area (Å²) in [5.74, 6) is -1.31. The summed E-state index contributed by atoms with van der Waals surface area (Å²) in [7, 11) is 3.75. The summed E-state index contributed by atoms with van der Waals surface area (Å²) in [6.07, 6.45) is 2.14. The molecule has 1 aliphatic carbocycles. The average molecular weight is 603 g/mol. The van der Waals surface area contributed by atoms with Crippen LogP contribution in [0.3, 0.4) is 0 Å². The zero-order valence-electron chi connectivity index (χ0n) is 26.4. The Morgan fingerprint density at radius 2 is 1.58 bits per heavy atom. The molecular weight excluding hydrogens is 556 g/mol. The van der Waals surface area contributed by atoms with Crippen LogP contribution >= 0.6 is 12.8 Å². The fourth-order valence-electron chi connectivity index (χ4n) is 5.82. The number of carbonyl (C=O) groups is 2. The highest BCUT2D eigenvalue weighted by Crippen LogP contribution is 2.42. The maximum absolute atomic E-state index is 13.3. The van der Waals surface area contributed by atoms with Crippen LogP contribution in [0.4, 0.5) is 5.69 Å². The van der Waals surface area contributed by atoms with E-state index in [1.54, 1.807) is 7.05 Å². The molecule has 1 fully saturated rings. The van der Waals surface area contributed by atoms with Crippen molar-refractivity contribution in [3.05, 3.63) is 83.7 Å². The molecule has 1 amide bonds. The van der Waals surface area contributed by atoms with Gasteiger partial charge < -0.3 is 15.0 Å². The number of hydrogen-bond acceptors (Lipinski definition) is 5. The molecule has 0 saturated heterocycles. The van der Waals surface area contributed by atoms with Crippen LogP contribution in [0.1, 0.15) is 75.7 Å². The highest BCUT2D eigenvalue weighted by molar-refractivity contribution is 7.78. The van der Waals surface area contributed by atoms with E-state index in [-0.39, 0.29) is 11.8 Å². The van der Waals surface area contributed by atoms with Crippen molar-refractivity contribution in [2.24, 2.45) is 18.9 Å². The first kappa shape index (κ1) is 33.9. The van der Waals surface area contributed by atoms with Crippen molar-refractivity contribution >= 4 is 41.4 Å². The number of benzene rings is 3. The van der Waals surface area contributed by atoms with Gasteiger partial charge in [0, 0.05) is 12.7 Å². The van der Waals surface area contributed by atoms with Crippen LogP contribution in [-0.2, 0) is 16.6 Å². The molecule has 3 unspecified atom stereocenters. The van der Waals surface area contributed by atoms with E-state index in [1.807, 2.05) is 76.3 Å². The van der Waals surface area contributed by atoms with Gasteiger partial charge in [-0.05, 0) is 85.2 Å². The molecule has 230 valence electrons. The van der Waals surface area contributed by atoms with Gasteiger partial charge >= 0.3 is 5.97 Å². The lowest BCUT2D eigenvalue weighted by Gasteiger charge is -2.35. The summed E-state index contributed by atoms with van der Waals surface area (Å²) < 4.78 is 4.52. The predicted octanol–water partition coefficient (Wildman–Crippen LogP) is 7.97. The molecule has 43 heavy (non-hydrogen) atoms. The van der Waals surface area contributed by atoms with E-state index in [4.69, 9.17) is 0 Å². The van der Waals surface area contributed by atoms with Gasteiger partial charge in [-0.2, -0.15) is 0 Å². The van der Waals surface area contributed by atoms with Gasteiger partial charge in [0.05, 0.1) is 22.9 Å². The molecule has 1 aliphatic rings. The number of nitrogens with one attached hydrogen (secondary N) is 2. The lowest BCUT2D eigenvalue weighted by molar-refractivity contribution is -0.148. The molecule has 4 aromatic rings. The Kier molecular flexibility index (Phi) is 12.4. The molecule has 3 atom stereocenters. The van der Waals surface area contributed by atoms with Gasteiger partial charge in [-0.1, -0.05) is 89.4 Å². The molecule has 0 aliphatic heterocycles. The van der Waals surface area contributed by atoms with Crippen LogP contribution in [0.25, 0.3) is 22.2 Å². The molecule has 3 aromatic carbocycles. The standard InChI is InChI=1S/C32H35N3O3.C2H6.CH5NS/c1-19(2)21-12-15-25(16-13-21)34-31(36)27-7-5-6-26(30(27)32(37)38)23-10-8-22(9-11-23)24-14-17-29-28(18-24)33-20(3)35(29)4;1-2;1-2-3/h8-19,26-27,30H,5-7H2,1-4H3,(H,34,36)(H,37,38);1-2H3;2-3H,1H3. The maximum Gasteiger partial charge on any atom is 0.307 e. The first-order valence-electron chi connectivity index (χ1n) is 15.1. The second-order valence-electron chi connectivity index (χ2n) is 11.0. The number of rotatable bonds is 6. The molecular formula is C35H46N4O3S. The Labute approximate surface area is 261 Å². The summed E-state index contributed by atoms with van der Waals surface area (Å²) in [5.41, 5.74) is 7.04. The lowest BCUT2D eigenvalue weighted by Crippen LogP contribution is -2.40. The number of carbonyl (C=O) groups excluding carboxylic acids is 1. The maximum atomic E-state index is 13.3. The molecule has 0 bridgehead atoms. The third-order valence-corrected chi connectivity index (χ3v) is 8.14. The minimum atomic E-state index is -0.912. The van der Waals surface area contributed by atoms with Gasteiger partial charge in [0.25, 0.3) is 0 Å². The summed E-state index contributed by atoms with van der Waals surface area (Å²) in [5, 5.41) is 13.2. The number of anilines is 1. The Morgan fingerprint density at radius 1 is 0.977 bits per heavy atom. The zero-order valence-corrected chi connectivity index (χ0v) is 27.3. The number of fused-ring (bicyclic) bond motifs is 1. The van der Waals surface area contributed by atoms with E-state index < -0.39 is 17.8 Å². The Hall–Kier alpha value is -3.62. The monoisotopic (exact) mass is 602 g/mol. The zero-order chi connectivity index (χ0) is 31.7. The van der Waals surface area contributed by atoms with Crippen molar-refractivity contribution in [1.29, 1.82) is 0 Å². The number of aryl methyl sites for hydroxylation is 2. The minimum Gasteiger partial charge on any atom is -0.481 e. The first-order chi connectivity index (χ1) is 20.6. The Bertz CT molecular complexity index is 1500. The summed E-state index contributed by atoms with van der Waals surface area (Å²) in [4.78, 5) is 30.4. The van der Waals surface area contributed by atoms with Gasteiger partial charge in [0.2, 0.25) is 5.91 Å². The predicted molar refractivity (Wildman–Crippen MR) is 181 cm³/mol. The minimum absolute atomic E-state index is 0.213. The number of aliphatic carboxylic acids is 1. The van der Waals surface area contributed by atoms with Crippen LogP contribution in [0.2, 0.25) is 0 Å². The third-order valence-electron chi connectivity index (χ3n) is 8.14. The highest BCUT2D eigenvalue weighted by atomic mass is 32.1. The number of carboxylic acid groups (broad SMARTS) is 1. The van der Waals surface area contributed by atoms with Crippen LogP contribution in [0.5, 0.6) is 0 Å². The smallest absolute Gasteiger partial charge is 0.307 e. The Balaban J connectivity index is 0.000000953. The van der Waals surface area contributed by atoms with E-state index in [9.17, 15) is 14.7 Å². The second-order valence-corrected chi connectivity index (χ2v) is 11.5. The van der Waals surface area contributed by atoms with Gasteiger partial charge in [0.15, 0.2) is 0 Å². The SMILES string of the molecule is CC.CNS.Cc1nc2cc(-c3ccc(C4CCCC(C(=O)Nc5ccc(C(C)C)cc5)C4C(=O)O)cc3)ccc2n1C. The molecule has 3 N–H and O–H groups in total. The highest BCUT2D eigenvalue weighted by Gasteiger charge is 2.42. The normalized spacial score (nSPS) is 17.8. The number of amides is 1. The van der Waals surface area contributed by atoms with Crippen molar-refractivity contribution in [1.82, 2.24) is 14.3 Å². The largest absolute Gasteiger partial charge is 0.481 e. The first-order valence-corrected chi connectivity index (χ1v) is 15.6. The molecule has 8 heteroatoms. The molecule has 1 heterocycles. The number of hydrogen-bond donors (Lipinski definition) is 4.